The second kappa shape index (κ2) is 27.1. The molecule has 18 heteroatoms. The molecule has 0 radical (unpaired) electrons. The van der Waals surface area contributed by atoms with Gasteiger partial charge in [0, 0.05) is 52.0 Å². The van der Waals surface area contributed by atoms with Gasteiger partial charge in [-0.1, -0.05) is 76.6 Å². The van der Waals surface area contributed by atoms with Crippen molar-refractivity contribution in [1.82, 2.24) is 9.62 Å². The van der Waals surface area contributed by atoms with Crippen LogP contribution in [0.4, 0.5) is 0 Å². The SMILES string of the molecule is CO[C@@H]1C[C@H](C[C@@H](C)[C@@H]2CC[C@H](C)/C=C(\C)[C@@H](O)[C@@H](OC)C(=O)[C@H](C)C[C@H](C)/C=C/C=C/C=C(\C)[C@H](NS(C)(=O)=O)C[C@@H]3CC[C@@H](C)[C@@](O)(O3)C(=O)C(=O)N3CCCC[C@H]3C(=O)O2)CC[C@H]1OP(C)(C)=O. The first kappa shape index (κ1) is 60.7. The molecule has 2 saturated heterocycles. The van der Waals surface area contributed by atoms with Gasteiger partial charge in [-0.15, -0.1) is 0 Å². The van der Waals surface area contributed by atoms with Gasteiger partial charge in [0.1, 0.15) is 24.4 Å². The van der Waals surface area contributed by atoms with Gasteiger partial charge in [0.15, 0.2) is 13.2 Å². The first-order valence-electron chi connectivity index (χ1n) is 25.8. The number of aliphatic hydroxyl groups is 2. The molecule has 1 aliphatic carbocycles. The molecule has 71 heavy (non-hydrogen) atoms. The van der Waals surface area contributed by atoms with Gasteiger partial charge >= 0.3 is 5.97 Å². The highest BCUT2D eigenvalue weighted by molar-refractivity contribution is 7.88. The van der Waals surface area contributed by atoms with E-state index in [0.717, 1.165) is 12.7 Å². The van der Waals surface area contributed by atoms with Crippen LogP contribution in [-0.2, 0) is 57.2 Å². The number of ether oxygens (including phenoxy) is 4. The maximum absolute atomic E-state index is 14.5. The minimum Gasteiger partial charge on any atom is -0.461 e. The van der Waals surface area contributed by atoms with Crippen LogP contribution in [0.25, 0.3) is 0 Å². The lowest BCUT2D eigenvalue weighted by atomic mass is 9.78. The minimum atomic E-state index is -3.73. The van der Waals surface area contributed by atoms with Crippen LogP contribution in [0, 0.1) is 35.5 Å². The van der Waals surface area contributed by atoms with Crippen LogP contribution in [0.2, 0.25) is 0 Å². The number of rotatable bonds is 9. The maximum Gasteiger partial charge on any atom is 0.329 e. The number of nitrogens with one attached hydrogen (secondary N) is 1. The lowest BCUT2D eigenvalue weighted by Crippen LogP contribution is -2.61. The summed E-state index contributed by atoms with van der Waals surface area (Å²) in [5.74, 6) is -6.98. The average Bonchev–Trinajstić information content (AvgIpc) is 3.29. The fourth-order valence-corrected chi connectivity index (χ4v) is 12.6. The Morgan fingerprint density at radius 1 is 0.873 bits per heavy atom. The van der Waals surface area contributed by atoms with Gasteiger partial charge in [-0.25, -0.2) is 17.9 Å². The van der Waals surface area contributed by atoms with Gasteiger partial charge in [-0.05, 0) is 127 Å². The van der Waals surface area contributed by atoms with E-state index >= 15 is 0 Å². The molecule has 16 nitrogen and oxygen atoms in total. The predicted molar refractivity (Wildman–Crippen MR) is 274 cm³/mol. The summed E-state index contributed by atoms with van der Waals surface area (Å²) in [6.07, 6.45) is 14.2. The van der Waals surface area contributed by atoms with Crippen LogP contribution in [-0.4, -0.2) is 142 Å². The van der Waals surface area contributed by atoms with Crippen molar-refractivity contribution in [2.75, 3.05) is 40.3 Å². The Morgan fingerprint density at radius 3 is 2.23 bits per heavy atom. The highest BCUT2D eigenvalue weighted by atomic mass is 32.2. The fourth-order valence-electron chi connectivity index (χ4n) is 10.9. The van der Waals surface area contributed by atoms with E-state index in [4.69, 9.17) is 23.5 Å². The van der Waals surface area contributed by atoms with Crippen molar-refractivity contribution in [3.63, 3.8) is 0 Å². The molecule has 0 unspecified atom stereocenters. The molecule has 0 aromatic rings. The lowest BCUT2D eigenvalue weighted by molar-refractivity contribution is -0.264. The quantitative estimate of drug-likeness (QED) is 0.0883. The fraction of sp³-hybridized carbons (Fsp3) is 0.774. The number of allylic oxidation sites excluding steroid dienone is 6. The first-order valence-corrected chi connectivity index (χ1v) is 30.2. The summed E-state index contributed by atoms with van der Waals surface area (Å²) in [4.78, 5) is 58.2. The van der Waals surface area contributed by atoms with E-state index in [1.54, 1.807) is 59.4 Å². The predicted octanol–water partition coefficient (Wildman–Crippen LogP) is 7.47. The summed E-state index contributed by atoms with van der Waals surface area (Å²) in [7, 11) is -3.46. The number of fused-ring (bicyclic) bond motifs is 3. The topological polar surface area (TPSA) is 221 Å². The maximum atomic E-state index is 14.5. The van der Waals surface area contributed by atoms with E-state index in [2.05, 4.69) is 4.72 Å². The number of aliphatic hydroxyl groups excluding tert-OH is 1. The molecule has 2 bridgehead atoms. The number of methoxy groups -OCH3 is 2. The molecule has 404 valence electrons. The molecule has 4 aliphatic rings. The van der Waals surface area contributed by atoms with Crippen molar-refractivity contribution in [3.8, 4) is 0 Å². The van der Waals surface area contributed by atoms with E-state index in [0.29, 0.717) is 75.4 Å². The number of Topliss-reactive ketones (excluding diaryl/α,β-unsaturated/α-hetero) is 2. The second-order valence-corrected chi connectivity index (χ2v) is 26.2. The Labute approximate surface area is 424 Å². The molecule has 0 aromatic heterocycles. The first-order chi connectivity index (χ1) is 33.2. The molecule has 4 rings (SSSR count). The third-order valence-electron chi connectivity index (χ3n) is 15.0. The summed E-state index contributed by atoms with van der Waals surface area (Å²) in [5, 5.41) is 23.6. The molecular formula is C53H87N2O14PS. The number of hydrogen-bond donors (Lipinski definition) is 3. The number of cyclic esters (lactones) is 1. The van der Waals surface area contributed by atoms with Crippen LogP contribution in [0.1, 0.15) is 132 Å². The Hall–Kier alpha value is -2.86. The number of hydrogen-bond acceptors (Lipinski definition) is 14. The van der Waals surface area contributed by atoms with Crippen molar-refractivity contribution in [2.45, 2.75) is 186 Å². The van der Waals surface area contributed by atoms with Crippen molar-refractivity contribution < 1.29 is 65.8 Å². The van der Waals surface area contributed by atoms with Gasteiger partial charge in [-0.3, -0.25) is 18.9 Å². The summed E-state index contributed by atoms with van der Waals surface area (Å²) in [6, 6.07) is -1.88. The molecule has 3 aliphatic heterocycles. The zero-order valence-corrected chi connectivity index (χ0v) is 46.3. The number of carbonyl (C=O) groups excluding carboxylic acids is 4. The normalized spacial score (nSPS) is 38.5. The Morgan fingerprint density at radius 2 is 1.58 bits per heavy atom. The van der Waals surface area contributed by atoms with Crippen LogP contribution >= 0.6 is 7.37 Å². The minimum absolute atomic E-state index is 0.0158. The summed E-state index contributed by atoms with van der Waals surface area (Å²) in [5.41, 5.74) is 1.21. The highest BCUT2D eigenvalue weighted by Crippen LogP contribution is 2.45. The number of piperidine rings is 1. The second-order valence-electron chi connectivity index (χ2n) is 21.7. The number of carbonyl (C=O) groups is 4. The smallest absolute Gasteiger partial charge is 0.329 e. The molecule has 0 aromatic carbocycles. The van der Waals surface area contributed by atoms with E-state index in [1.807, 2.05) is 45.9 Å². The molecule has 3 N–H and O–H groups in total. The van der Waals surface area contributed by atoms with Crippen molar-refractivity contribution in [2.24, 2.45) is 35.5 Å². The lowest BCUT2D eigenvalue weighted by Gasteiger charge is -2.43. The van der Waals surface area contributed by atoms with Gasteiger partial charge in [0.25, 0.3) is 11.7 Å². The van der Waals surface area contributed by atoms with Crippen LogP contribution in [0.5, 0.6) is 0 Å². The van der Waals surface area contributed by atoms with E-state index < -0.39 is 89.2 Å². The van der Waals surface area contributed by atoms with Gasteiger partial charge in [0.2, 0.25) is 15.8 Å². The Kier molecular flexibility index (Phi) is 23.2. The molecule has 1 amide bonds. The van der Waals surface area contributed by atoms with Crippen LogP contribution in [0.15, 0.2) is 47.6 Å². The number of nitrogens with zero attached hydrogens (tertiary/aromatic N) is 1. The van der Waals surface area contributed by atoms with E-state index in [-0.39, 0.29) is 61.0 Å². The zero-order chi connectivity index (χ0) is 53.0. The van der Waals surface area contributed by atoms with E-state index in [1.165, 1.54) is 12.0 Å². The molecular weight excluding hydrogens is 952 g/mol. The third-order valence-corrected chi connectivity index (χ3v) is 16.5. The molecule has 1 saturated carbocycles. The van der Waals surface area contributed by atoms with Gasteiger partial charge in [0.05, 0.1) is 24.6 Å². The van der Waals surface area contributed by atoms with Crippen molar-refractivity contribution in [3.05, 3.63) is 47.6 Å². The standard InChI is InChI=1S/C53H87N2O14PS/c1-33-18-14-13-15-19-35(3)42(54-71(12,63)64)32-41-24-22-39(7)53(61,68-41)50(58)51(59)55-27-17-16-20-43(55)52(60)67-44(36(4)30-40-23-26-45(46(31-40)65-8)69-70(10,11)62)25-21-34(2)29-38(6)48(57)49(66-9)47(56)37(5)28-33/h13-15,18-19,29,33-34,36-37,39-46,48-49,54,57,61H,16-17,20-28,30-32H2,1-12H3/b15-13+,18-14+,35-19+,38-29+/t33-,34+,36-,37-,39-,40+,41+,42-,43+,44+,45-,46-,48-,49+,53-/m1/s1. The number of sulfonamides is 1. The zero-order valence-electron chi connectivity index (χ0n) is 44.5. The monoisotopic (exact) mass is 1040 g/mol. The molecule has 0 spiro atoms. The molecule has 15 atom stereocenters. The number of esters is 1. The molecule has 3 heterocycles. The van der Waals surface area contributed by atoms with Crippen LogP contribution in [0.3, 0.4) is 0 Å². The van der Waals surface area contributed by atoms with Gasteiger partial charge in [-0.2, -0.15) is 0 Å². The number of amides is 1. The van der Waals surface area contributed by atoms with Crippen molar-refractivity contribution in [1.29, 1.82) is 0 Å². The Balaban J connectivity index is 1.71. The highest BCUT2D eigenvalue weighted by Gasteiger charge is 2.53. The number of ketones is 2. The Bertz CT molecular complexity index is 2100. The largest absolute Gasteiger partial charge is 0.461 e. The average molecular weight is 1040 g/mol. The van der Waals surface area contributed by atoms with E-state index in [9.17, 15) is 42.4 Å². The van der Waals surface area contributed by atoms with Gasteiger partial charge < -0.3 is 38.6 Å². The summed E-state index contributed by atoms with van der Waals surface area (Å²) in [6.45, 7) is 16.3. The van der Waals surface area contributed by atoms with Crippen molar-refractivity contribution >= 4 is 40.8 Å². The summed E-state index contributed by atoms with van der Waals surface area (Å²) >= 11 is 0. The summed E-state index contributed by atoms with van der Waals surface area (Å²) < 4.78 is 70.5. The molecule has 3 fully saturated rings. The van der Waals surface area contributed by atoms with Crippen LogP contribution < -0.4 is 4.72 Å². The third kappa shape index (κ3) is 17.9.